The van der Waals surface area contributed by atoms with E-state index in [2.05, 4.69) is 12.1 Å². The van der Waals surface area contributed by atoms with Crippen LogP contribution in [0.15, 0.2) is 36.4 Å². The largest absolute Gasteiger partial charge is 0.496 e. The summed E-state index contributed by atoms with van der Waals surface area (Å²) in [7, 11) is 3.07. The number of benzene rings is 2. The molecule has 224 valence electrons. The quantitative estimate of drug-likeness (QED) is 0.368. The summed E-state index contributed by atoms with van der Waals surface area (Å²) in [6.07, 6.45) is 15.9. The molecule has 10 rings (SSSR count). The Kier molecular flexibility index (Phi) is 6.82. The van der Waals surface area contributed by atoms with Gasteiger partial charge in [0, 0.05) is 0 Å². The Morgan fingerprint density at radius 2 is 0.857 bits per heavy atom. The molecule has 2 aromatic carbocycles. The molecule has 0 atom stereocenters. The van der Waals surface area contributed by atoms with Crippen LogP contribution in [0, 0.1) is 35.5 Å². The summed E-state index contributed by atoms with van der Waals surface area (Å²) in [4.78, 5) is 23.0. The Bertz CT molecular complexity index is 1220. The van der Waals surface area contributed by atoms with Gasteiger partial charge in [-0.15, -0.1) is 0 Å². The first-order valence-corrected chi connectivity index (χ1v) is 16.0. The molecule has 2 N–H and O–H groups in total. The number of aromatic carboxylic acids is 2. The molecule has 0 saturated heterocycles. The second kappa shape index (κ2) is 10.3. The summed E-state index contributed by atoms with van der Waals surface area (Å²) < 4.78 is 10.4. The van der Waals surface area contributed by atoms with E-state index in [4.69, 9.17) is 9.47 Å². The number of methoxy groups -OCH3 is 2. The number of carbonyl (C=O) groups is 2. The maximum Gasteiger partial charge on any atom is 0.339 e. The molecule has 0 amide bonds. The smallest absolute Gasteiger partial charge is 0.339 e. The van der Waals surface area contributed by atoms with Crippen LogP contribution < -0.4 is 9.47 Å². The predicted molar refractivity (Wildman–Crippen MR) is 160 cm³/mol. The van der Waals surface area contributed by atoms with E-state index in [1.807, 2.05) is 24.3 Å². The zero-order chi connectivity index (χ0) is 29.2. The van der Waals surface area contributed by atoms with Gasteiger partial charge in [-0.2, -0.15) is 0 Å². The van der Waals surface area contributed by atoms with E-state index in [0.717, 1.165) is 35.5 Å². The van der Waals surface area contributed by atoms with Crippen LogP contribution in [0.5, 0.6) is 11.5 Å². The van der Waals surface area contributed by atoms with E-state index in [9.17, 15) is 19.8 Å². The van der Waals surface area contributed by atoms with Gasteiger partial charge in [0.15, 0.2) is 0 Å². The molecule has 8 bridgehead atoms. The number of ether oxygens (including phenoxy) is 2. The van der Waals surface area contributed by atoms with E-state index in [0.29, 0.717) is 22.6 Å². The van der Waals surface area contributed by atoms with Crippen LogP contribution in [0.1, 0.15) is 109 Å². The highest BCUT2D eigenvalue weighted by Crippen LogP contribution is 2.62. The first-order valence-electron chi connectivity index (χ1n) is 16.0. The van der Waals surface area contributed by atoms with Gasteiger partial charge in [-0.1, -0.05) is 12.1 Å². The van der Waals surface area contributed by atoms with Crippen molar-refractivity contribution in [2.45, 2.75) is 87.9 Å². The highest BCUT2D eigenvalue weighted by atomic mass is 16.5. The van der Waals surface area contributed by atoms with Crippen molar-refractivity contribution in [2.24, 2.45) is 35.5 Å². The van der Waals surface area contributed by atoms with Crippen molar-refractivity contribution < 1.29 is 29.3 Å². The standard InChI is InChI=1S/2C18H22O3/c2*1-21-16-3-2-14(7-15(16)17(19)20)18-8-11-4-12(9-18)6-13(5-11)10-18/h2*2-3,7,11-13H,4-6,8-10H2,1H3,(H,19,20). The molecule has 8 aliphatic carbocycles. The third-order valence-electron chi connectivity index (χ3n) is 12.2. The molecule has 0 unspecified atom stereocenters. The molecule has 0 spiro atoms. The molecule has 2 aromatic rings. The van der Waals surface area contributed by atoms with Gasteiger partial charge in [0.25, 0.3) is 0 Å². The number of carboxylic acid groups (broad SMARTS) is 2. The maximum atomic E-state index is 11.5. The van der Waals surface area contributed by atoms with Crippen molar-refractivity contribution in [3.05, 3.63) is 58.7 Å². The fourth-order valence-corrected chi connectivity index (χ4v) is 11.3. The van der Waals surface area contributed by atoms with Crippen molar-refractivity contribution in [1.29, 1.82) is 0 Å². The van der Waals surface area contributed by atoms with Crippen LogP contribution in [0.2, 0.25) is 0 Å². The zero-order valence-corrected chi connectivity index (χ0v) is 24.9. The van der Waals surface area contributed by atoms with E-state index in [-0.39, 0.29) is 10.8 Å². The van der Waals surface area contributed by atoms with E-state index in [1.165, 1.54) is 102 Å². The molecular weight excluding hydrogens is 528 g/mol. The fourth-order valence-electron chi connectivity index (χ4n) is 11.3. The first kappa shape index (κ1) is 27.8. The Labute approximate surface area is 248 Å². The van der Waals surface area contributed by atoms with Gasteiger partial charge < -0.3 is 19.7 Å². The number of hydrogen-bond acceptors (Lipinski definition) is 4. The van der Waals surface area contributed by atoms with Crippen molar-refractivity contribution in [3.8, 4) is 11.5 Å². The number of carboxylic acids is 2. The minimum Gasteiger partial charge on any atom is -0.496 e. The molecule has 8 saturated carbocycles. The second-order valence-corrected chi connectivity index (χ2v) is 14.8. The van der Waals surface area contributed by atoms with Gasteiger partial charge in [0.2, 0.25) is 0 Å². The molecule has 0 heterocycles. The highest BCUT2D eigenvalue weighted by molar-refractivity contribution is 5.91. The lowest BCUT2D eigenvalue weighted by atomic mass is 9.48. The van der Waals surface area contributed by atoms with Gasteiger partial charge in [-0.25, -0.2) is 9.59 Å². The first-order chi connectivity index (χ1) is 20.2. The van der Waals surface area contributed by atoms with Gasteiger partial charge >= 0.3 is 11.9 Å². The summed E-state index contributed by atoms with van der Waals surface area (Å²) in [5.74, 6) is 4.36. The van der Waals surface area contributed by atoms with Crippen LogP contribution in [-0.4, -0.2) is 36.4 Å². The average Bonchev–Trinajstić information content (AvgIpc) is 2.95. The molecule has 8 fully saturated rings. The molecule has 0 aliphatic heterocycles. The van der Waals surface area contributed by atoms with Crippen molar-refractivity contribution in [1.82, 2.24) is 0 Å². The van der Waals surface area contributed by atoms with Gasteiger partial charge in [0.05, 0.1) is 14.2 Å². The molecule has 0 radical (unpaired) electrons. The Hall–Kier alpha value is -3.02. The molecule has 42 heavy (non-hydrogen) atoms. The minimum absolute atomic E-state index is 0.241. The summed E-state index contributed by atoms with van der Waals surface area (Å²) in [5.41, 5.74) is 3.58. The Morgan fingerprint density at radius 1 is 0.571 bits per heavy atom. The SMILES string of the molecule is COc1ccc(C23CC4CC(CC(C4)C2)C3)cc1C(=O)O.COc1ccc(C23CC4CC(CC(C4)C2)C3)cc1C(=O)O. The minimum atomic E-state index is -0.890. The van der Waals surface area contributed by atoms with Gasteiger partial charge in [-0.3, -0.25) is 0 Å². The molecule has 6 heteroatoms. The normalized spacial score (nSPS) is 36.7. The molecule has 8 aliphatic rings. The fraction of sp³-hybridized carbons (Fsp3) is 0.611. The van der Waals surface area contributed by atoms with E-state index in [1.54, 1.807) is 0 Å². The summed E-state index contributed by atoms with van der Waals surface area (Å²) in [6.45, 7) is 0. The van der Waals surface area contributed by atoms with Crippen molar-refractivity contribution in [3.63, 3.8) is 0 Å². The lowest BCUT2D eigenvalue weighted by Gasteiger charge is -2.57. The van der Waals surface area contributed by atoms with Crippen LogP contribution in [0.3, 0.4) is 0 Å². The van der Waals surface area contributed by atoms with Crippen LogP contribution in [0.25, 0.3) is 0 Å². The molecule has 0 aromatic heterocycles. The van der Waals surface area contributed by atoms with Crippen molar-refractivity contribution >= 4 is 11.9 Å². The highest BCUT2D eigenvalue weighted by Gasteiger charge is 2.53. The van der Waals surface area contributed by atoms with Crippen LogP contribution in [-0.2, 0) is 10.8 Å². The van der Waals surface area contributed by atoms with Crippen LogP contribution >= 0.6 is 0 Å². The average molecular weight is 573 g/mol. The van der Waals surface area contributed by atoms with E-state index >= 15 is 0 Å². The Balaban J connectivity index is 0.000000137. The summed E-state index contributed by atoms with van der Waals surface area (Å²) >= 11 is 0. The summed E-state index contributed by atoms with van der Waals surface area (Å²) in [6, 6.07) is 11.7. The Morgan fingerprint density at radius 3 is 1.10 bits per heavy atom. The predicted octanol–water partition coefficient (Wildman–Crippen LogP) is 7.72. The third-order valence-corrected chi connectivity index (χ3v) is 12.2. The summed E-state index contributed by atoms with van der Waals surface area (Å²) in [5, 5.41) is 18.8. The topological polar surface area (TPSA) is 93.1 Å². The van der Waals surface area contributed by atoms with E-state index < -0.39 is 11.9 Å². The van der Waals surface area contributed by atoms with Gasteiger partial charge in [0.1, 0.15) is 22.6 Å². The third kappa shape index (κ3) is 4.69. The molecular formula is C36H44O6. The second-order valence-electron chi connectivity index (χ2n) is 14.8. The van der Waals surface area contributed by atoms with Gasteiger partial charge in [-0.05, 0) is 159 Å². The zero-order valence-electron chi connectivity index (χ0n) is 24.9. The maximum absolute atomic E-state index is 11.5. The number of hydrogen-bond donors (Lipinski definition) is 2. The van der Waals surface area contributed by atoms with Crippen molar-refractivity contribution in [2.75, 3.05) is 14.2 Å². The number of rotatable bonds is 6. The molecule has 6 nitrogen and oxygen atoms in total. The lowest BCUT2D eigenvalue weighted by molar-refractivity contribution is -0.00537. The monoisotopic (exact) mass is 572 g/mol. The van der Waals surface area contributed by atoms with Crippen LogP contribution in [0.4, 0.5) is 0 Å². The lowest BCUT2D eigenvalue weighted by Crippen LogP contribution is -2.48.